The lowest BCUT2D eigenvalue weighted by atomic mass is 9.94. The fraction of sp³-hybridized carbons (Fsp3) is 0.500. The highest BCUT2D eigenvalue weighted by atomic mass is 16.5. The van der Waals surface area contributed by atoms with Crippen LogP contribution in [-0.4, -0.2) is 24.2 Å². The molecule has 21 heavy (non-hydrogen) atoms. The van der Waals surface area contributed by atoms with Gasteiger partial charge >= 0.3 is 0 Å². The maximum atomic E-state index is 6.07. The van der Waals surface area contributed by atoms with E-state index in [9.17, 15) is 0 Å². The number of aryl methyl sites for hydroxylation is 1. The number of para-hydroxylation sites is 1. The fourth-order valence-corrected chi connectivity index (χ4v) is 3.15. The van der Waals surface area contributed by atoms with Crippen molar-refractivity contribution in [3.05, 3.63) is 41.6 Å². The van der Waals surface area contributed by atoms with Crippen molar-refractivity contribution in [3.63, 3.8) is 0 Å². The van der Waals surface area contributed by atoms with E-state index in [4.69, 9.17) is 4.74 Å². The first-order valence-corrected chi connectivity index (χ1v) is 7.99. The van der Waals surface area contributed by atoms with Crippen LogP contribution in [0.4, 0.5) is 0 Å². The van der Waals surface area contributed by atoms with Crippen molar-refractivity contribution in [1.82, 2.24) is 10.3 Å². The highest BCUT2D eigenvalue weighted by Crippen LogP contribution is 2.33. The van der Waals surface area contributed by atoms with Crippen LogP contribution in [0.3, 0.4) is 0 Å². The predicted molar refractivity (Wildman–Crippen MR) is 86.5 cm³/mol. The smallest absolute Gasteiger partial charge is 0.0847 e. The molecule has 1 aliphatic heterocycles. The maximum Gasteiger partial charge on any atom is 0.0847 e. The molecule has 1 aliphatic rings. The molecule has 2 atom stereocenters. The van der Waals surface area contributed by atoms with E-state index in [-0.39, 0.29) is 6.10 Å². The summed E-state index contributed by atoms with van der Waals surface area (Å²) < 4.78 is 6.07. The summed E-state index contributed by atoms with van der Waals surface area (Å²) in [6.45, 7) is 6.20. The third-order valence-corrected chi connectivity index (χ3v) is 4.19. The molecule has 0 amide bonds. The van der Waals surface area contributed by atoms with E-state index in [1.165, 1.54) is 17.4 Å². The summed E-state index contributed by atoms with van der Waals surface area (Å²) in [7, 11) is 0. The van der Waals surface area contributed by atoms with Crippen LogP contribution in [0.15, 0.2) is 30.3 Å². The van der Waals surface area contributed by atoms with Gasteiger partial charge in [-0.3, -0.25) is 4.98 Å². The minimum atomic E-state index is 0.180. The highest BCUT2D eigenvalue weighted by Gasteiger charge is 2.25. The number of ether oxygens (including phenoxy) is 1. The van der Waals surface area contributed by atoms with Crippen LogP contribution < -0.4 is 5.32 Å². The van der Waals surface area contributed by atoms with E-state index >= 15 is 0 Å². The molecule has 1 aromatic heterocycles. The van der Waals surface area contributed by atoms with Gasteiger partial charge in [-0.15, -0.1) is 0 Å². The van der Waals surface area contributed by atoms with Crippen molar-refractivity contribution < 1.29 is 4.74 Å². The average molecular weight is 284 g/mol. The first-order chi connectivity index (χ1) is 10.3. The molecule has 1 saturated heterocycles. The van der Waals surface area contributed by atoms with Gasteiger partial charge in [0.25, 0.3) is 0 Å². The molecule has 0 bridgehead atoms. The van der Waals surface area contributed by atoms with Crippen molar-refractivity contribution in [2.75, 3.05) is 13.2 Å². The maximum absolute atomic E-state index is 6.07. The number of hydrogen-bond donors (Lipinski definition) is 1. The number of benzene rings is 1. The highest BCUT2D eigenvalue weighted by molar-refractivity contribution is 5.82. The van der Waals surface area contributed by atoms with Gasteiger partial charge in [0, 0.05) is 23.7 Å². The molecule has 3 heteroatoms. The fourth-order valence-electron chi connectivity index (χ4n) is 3.15. The molecule has 112 valence electrons. The first-order valence-electron chi connectivity index (χ1n) is 7.99. The van der Waals surface area contributed by atoms with Gasteiger partial charge < -0.3 is 10.1 Å². The molecule has 2 aromatic rings. The molecule has 0 saturated carbocycles. The van der Waals surface area contributed by atoms with Crippen LogP contribution in [0.25, 0.3) is 10.9 Å². The quantitative estimate of drug-likeness (QED) is 0.928. The van der Waals surface area contributed by atoms with E-state index in [2.05, 4.69) is 48.4 Å². The number of pyridine rings is 1. The third kappa shape index (κ3) is 3.25. The van der Waals surface area contributed by atoms with Gasteiger partial charge in [0.2, 0.25) is 0 Å². The van der Waals surface area contributed by atoms with E-state index in [1.54, 1.807) is 0 Å². The number of aromatic nitrogens is 1. The molecule has 1 aromatic carbocycles. The van der Waals surface area contributed by atoms with Crippen LogP contribution in [0.2, 0.25) is 0 Å². The number of nitrogens with zero attached hydrogens (tertiary/aromatic N) is 1. The van der Waals surface area contributed by atoms with Crippen LogP contribution >= 0.6 is 0 Å². The third-order valence-electron chi connectivity index (χ3n) is 4.19. The molecule has 1 fully saturated rings. The second-order valence-electron chi connectivity index (χ2n) is 5.90. The Morgan fingerprint density at radius 2 is 2.19 bits per heavy atom. The van der Waals surface area contributed by atoms with Crippen molar-refractivity contribution in [2.24, 2.45) is 0 Å². The Hall–Kier alpha value is -1.45. The van der Waals surface area contributed by atoms with Gasteiger partial charge in [-0.25, -0.2) is 0 Å². The zero-order chi connectivity index (χ0) is 14.7. The monoisotopic (exact) mass is 284 g/mol. The molecule has 3 nitrogen and oxygen atoms in total. The van der Waals surface area contributed by atoms with Gasteiger partial charge in [0.1, 0.15) is 0 Å². The molecule has 1 N–H and O–H groups in total. The number of rotatable bonds is 4. The molecule has 2 unspecified atom stereocenters. The zero-order valence-electron chi connectivity index (χ0n) is 12.9. The van der Waals surface area contributed by atoms with E-state index in [0.29, 0.717) is 6.04 Å². The Kier molecular flexibility index (Phi) is 4.51. The Labute approximate surface area is 126 Å². The zero-order valence-corrected chi connectivity index (χ0v) is 12.9. The lowest BCUT2D eigenvalue weighted by Crippen LogP contribution is -2.36. The van der Waals surface area contributed by atoms with Gasteiger partial charge in [-0.2, -0.15) is 0 Å². The summed E-state index contributed by atoms with van der Waals surface area (Å²) >= 11 is 0. The predicted octanol–water partition coefficient (Wildman–Crippen LogP) is 3.76. The van der Waals surface area contributed by atoms with Crippen molar-refractivity contribution >= 4 is 10.9 Å². The Bertz CT molecular complexity index is 611. The lowest BCUT2D eigenvalue weighted by molar-refractivity contribution is 0.00115. The summed E-state index contributed by atoms with van der Waals surface area (Å²) in [5.74, 6) is 0. The second kappa shape index (κ2) is 6.54. The summed E-state index contributed by atoms with van der Waals surface area (Å²) in [5.41, 5.74) is 3.43. The van der Waals surface area contributed by atoms with E-state index in [0.717, 1.165) is 37.2 Å². The topological polar surface area (TPSA) is 34.1 Å². The van der Waals surface area contributed by atoms with Crippen LogP contribution in [0.5, 0.6) is 0 Å². The van der Waals surface area contributed by atoms with Gasteiger partial charge in [0.15, 0.2) is 0 Å². The number of nitrogens with one attached hydrogen (secondary N) is 1. The minimum absolute atomic E-state index is 0.180. The van der Waals surface area contributed by atoms with Gasteiger partial charge in [0.05, 0.1) is 11.6 Å². The number of fused-ring (bicyclic) bond motifs is 1. The van der Waals surface area contributed by atoms with Crippen LogP contribution in [0.1, 0.15) is 43.5 Å². The summed E-state index contributed by atoms with van der Waals surface area (Å²) in [4.78, 5) is 4.63. The average Bonchev–Trinajstić information content (AvgIpc) is 2.52. The normalized spacial score (nSPS) is 22.6. The van der Waals surface area contributed by atoms with Gasteiger partial charge in [-0.05, 0) is 50.4 Å². The molecule has 0 aliphatic carbocycles. The van der Waals surface area contributed by atoms with Crippen LogP contribution in [0, 0.1) is 6.92 Å². The molecule has 2 heterocycles. The Morgan fingerprint density at radius 3 is 3.05 bits per heavy atom. The summed E-state index contributed by atoms with van der Waals surface area (Å²) in [6.07, 6.45) is 3.52. The van der Waals surface area contributed by atoms with Crippen LogP contribution in [-0.2, 0) is 4.74 Å². The second-order valence-corrected chi connectivity index (χ2v) is 5.90. The summed E-state index contributed by atoms with van der Waals surface area (Å²) in [5, 5.41) is 4.86. The molecular formula is C18H24N2O. The van der Waals surface area contributed by atoms with E-state index < -0.39 is 0 Å². The largest absolute Gasteiger partial charge is 0.373 e. The minimum Gasteiger partial charge on any atom is -0.373 e. The molecule has 0 spiro atoms. The van der Waals surface area contributed by atoms with Gasteiger partial charge in [-0.1, -0.05) is 25.1 Å². The molecule has 0 radical (unpaired) electrons. The SMILES string of the molecule is CCCNC1CCOC(c2cc(C)nc3ccccc23)C1. The first kappa shape index (κ1) is 14.5. The lowest BCUT2D eigenvalue weighted by Gasteiger charge is -2.31. The molecule has 3 rings (SSSR count). The van der Waals surface area contributed by atoms with Crippen molar-refractivity contribution in [2.45, 2.75) is 45.3 Å². The standard InChI is InChI=1S/C18H24N2O/c1-3-9-19-14-8-10-21-18(12-14)16-11-13(2)20-17-7-5-4-6-15(16)17/h4-7,11,14,18-19H,3,8-10,12H2,1-2H3. The number of hydrogen-bond acceptors (Lipinski definition) is 3. The van der Waals surface area contributed by atoms with Crippen molar-refractivity contribution in [3.8, 4) is 0 Å². The van der Waals surface area contributed by atoms with E-state index in [1.807, 2.05) is 6.07 Å². The Morgan fingerprint density at radius 1 is 1.33 bits per heavy atom. The summed E-state index contributed by atoms with van der Waals surface area (Å²) in [6, 6.07) is 11.1. The Balaban J connectivity index is 1.89. The molecular weight excluding hydrogens is 260 g/mol. The van der Waals surface area contributed by atoms with Crippen molar-refractivity contribution in [1.29, 1.82) is 0 Å².